The van der Waals surface area contributed by atoms with Crippen LogP contribution in [0.1, 0.15) is 11.7 Å². The molecule has 2 aromatic carbocycles. The van der Waals surface area contributed by atoms with E-state index in [9.17, 15) is 9.50 Å². The number of ether oxygens (including phenoxy) is 2. The van der Waals surface area contributed by atoms with E-state index in [4.69, 9.17) is 21.1 Å². The lowest BCUT2D eigenvalue weighted by Gasteiger charge is -2.14. The number of benzene rings is 2. The zero-order valence-corrected chi connectivity index (χ0v) is 11.6. The second-order valence-corrected chi connectivity index (χ2v) is 4.60. The van der Waals surface area contributed by atoms with Crippen LogP contribution in [0.4, 0.5) is 4.39 Å². The molecular weight excluding hydrogens is 283 g/mol. The van der Waals surface area contributed by atoms with Gasteiger partial charge in [0.25, 0.3) is 0 Å². The minimum absolute atomic E-state index is 0.0507. The average molecular weight is 297 g/mol. The molecular formula is C15H14ClFO3. The Hall–Kier alpha value is -1.78. The minimum Gasteiger partial charge on any atom is -0.497 e. The van der Waals surface area contributed by atoms with Gasteiger partial charge in [0, 0.05) is 16.7 Å². The standard InChI is InChI=1S/C15H14ClFO3/c1-19-12-6-7-13(14(17)8-12)15(18)9-20-11-4-2-10(16)3-5-11/h2-8,15,18H,9H2,1H3. The Bertz CT molecular complexity index is 572. The quantitative estimate of drug-likeness (QED) is 0.916. The molecule has 0 amide bonds. The van der Waals surface area contributed by atoms with E-state index in [1.807, 2.05) is 0 Å². The summed E-state index contributed by atoms with van der Waals surface area (Å²) in [7, 11) is 1.45. The molecule has 1 unspecified atom stereocenters. The van der Waals surface area contributed by atoms with Gasteiger partial charge in [-0.05, 0) is 36.4 Å². The van der Waals surface area contributed by atoms with Crippen LogP contribution in [-0.2, 0) is 0 Å². The number of aliphatic hydroxyl groups is 1. The fourth-order valence-electron chi connectivity index (χ4n) is 1.70. The maximum Gasteiger partial charge on any atom is 0.132 e. The first-order chi connectivity index (χ1) is 9.60. The van der Waals surface area contributed by atoms with Crippen LogP contribution in [0.3, 0.4) is 0 Å². The van der Waals surface area contributed by atoms with Crippen molar-refractivity contribution in [1.29, 1.82) is 0 Å². The highest BCUT2D eigenvalue weighted by molar-refractivity contribution is 6.30. The van der Waals surface area contributed by atoms with E-state index in [0.717, 1.165) is 0 Å². The molecule has 0 saturated carbocycles. The topological polar surface area (TPSA) is 38.7 Å². The molecule has 0 heterocycles. The molecule has 2 aromatic rings. The fourth-order valence-corrected chi connectivity index (χ4v) is 1.83. The summed E-state index contributed by atoms with van der Waals surface area (Å²) in [5.41, 5.74) is 0.166. The number of aliphatic hydroxyl groups excluding tert-OH is 1. The molecule has 3 nitrogen and oxygen atoms in total. The van der Waals surface area contributed by atoms with Crippen molar-refractivity contribution >= 4 is 11.6 Å². The van der Waals surface area contributed by atoms with Crippen LogP contribution in [0, 0.1) is 5.82 Å². The summed E-state index contributed by atoms with van der Waals surface area (Å²) in [5, 5.41) is 10.5. The number of hydrogen-bond donors (Lipinski definition) is 1. The van der Waals surface area contributed by atoms with Crippen LogP contribution in [-0.4, -0.2) is 18.8 Å². The Kier molecular flexibility index (Phi) is 4.82. The molecule has 0 radical (unpaired) electrons. The highest BCUT2D eigenvalue weighted by Gasteiger charge is 2.14. The normalized spacial score (nSPS) is 12.0. The summed E-state index contributed by atoms with van der Waals surface area (Å²) in [6.07, 6.45) is -1.06. The van der Waals surface area contributed by atoms with Crippen LogP contribution >= 0.6 is 11.6 Å². The molecule has 0 fully saturated rings. The third-order valence-corrected chi connectivity index (χ3v) is 3.04. The van der Waals surface area contributed by atoms with Gasteiger partial charge in [-0.2, -0.15) is 0 Å². The molecule has 0 aromatic heterocycles. The number of rotatable bonds is 5. The van der Waals surface area contributed by atoms with Crippen LogP contribution in [0.15, 0.2) is 42.5 Å². The van der Waals surface area contributed by atoms with Gasteiger partial charge in [0.1, 0.15) is 30.0 Å². The molecule has 106 valence electrons. The van der Waals surface area contributed by atoms with Gasteiger partial charge in [-0.25, -0.2) is 4.39 Å². The van der Waals surface area contributed by atoms with E-state index in [-0.39, 0.29) is 12.2 Å². The van der Waals surface area contributed by atoms with Gasteiger partial charge in [0.2, 0.25) is 0 Å². The van der Waals surface area contributed by atoms with E-state index in [0.29, 0.717) is 16.5 Å². The SMILES string of the molecule is COc1ccc(C(O)COc2ccc(Cl)cc2)c(F)c1. The summed E-state index contributed by atoms with van der Waals surface area (Å²) < 4.78 is 24.0. The van der Waals surface area contributed by atoms with E-state index >= 15 is 0 Å². The number of halogens is 2. The summed E-state index contributed by atoms with van der Waals surface area (Å²) in [5.74, 6) is 0.427. The molecule has 0 aliphatic carbocycles. The molecule has 0 bridgehead atoms. The van der Waals surface area contributed by atoms with Gasteiger partial charge < -0.3 is 14.6 Å². The molecule has 2 rings (SSSR count). The van der Waals surface area contributed by atoms with Gasteiger partial charge >= 0.3 is 0 Å². The Morgan fingerprint density at radius 1 is 1.15 bits per heavy atom. The summed E-state index contributed by atoms with van der Waals surface area (Å²) in [6, 6.07) is 11.0. The molecule has 0 aliphatic rings. The largest absolute Gasteiger partial charge is 0.497 e. The first-order valence-electron chi connectivity index (χ1n) is 6.00. The lowest BCUT2D eigenvalue weighted by molar-refractivity contribution is 0.105. The van der Waals surface area contributed by atoms with Gasteiger partial charge in [0.15, 0.2) is 0 Å². The van der Waals surface area contributed by atoms with Crippen molar-refractivity contribution in [3.8, 4) is 11.5 Å². The molecule has 0 spiro atoms. The van der Waals surface area contributed by atoms with Crippen molar-refractivity contribution in [2.45, 2.75) is 6.10 Å². The lowest BCUT2D eigenvalue weighted by Crippen LogP contribution is -2.11. The number of hydrogen-bond acceptors (Lipinski definition) is 3. The molecule has 1 N–H and O–H groups in total. The van der Waals surface area contributed by atoms with Crippen molar-refractivity contribution in [3.05, 3.63) is 58.9 Å². The van der Waals surface area contributed by atoms with Gasteiger partial charge in [-0.1, -0.05) is 11.6 Å². The Labute approximate surface area is 121 Å². The number of methoxy groups -OCH3 is 1. The minimum atomic E-state index is -1.06. The van der Waals surface area contributed by atoms with E-state index < -0.39 is 11.9 Å². The predicted molar refractivity (Wildman–Crippen MR) is 74.9 cm³/mol. The smallest absolute Gasteiger partial charge is 0.132 e. The predicted octanol–water partition coefficient (Wildman–Crippen LogP) is 3.60. The average Bonchev–Trinajstić information content (AvgIpc) is 2.46. The summed E-state index contributed by atoms with van der Waals surface area (Å²) in [4.78, 5) is 0. The van der Waals surface area contributed by atoms with Crippen molar-refractivity contribution < 1.29 is 19.0 Å². The maximum atomic E-state index is 13.8. The molecule has 1 atom stereocenters. The monoisotopic (exact) mass is 296 g/mol. The van der Waals surface area contributed by atoms with E-state index in [1.54, 1.807) is 30.3 Å². The Morgan fingerprint density at radius 2 is 1.80 bits per heavy atom. The zero-order valence-electron chi connectivity index (χ0n) is 10.8. The fraction of sp³-hybridized carbons (Fsp3) is 0.200. The van der Waals surface area contributed by atoms with Crippen LogP contribution < -0.4 is 9.47 Å². The Morgan fingerprint density at radius 3 is 2.40 bits per heavy atom. The van der Waals surface area contributed by atoms with Gasteiger partial charge in [-0.3, -0.25) is 0 Å². The van der Waals surface area contributed by atoms with Crippen molar-refractivity contribution in [1.82, 2.24) is 0 Å². The van der Waals surface area contributed by atoms with E-state index in [2.05, 4.69) is 0 Å². The van der Waals surface area contributed by atoms with Crippen molar-refractivity contribution in [2.75, 3.05) is 13.7 Å². The van der Waals surface area contributed by atoms with Crippen molar-refractivity contribution in [2.24, 2.45) is 0 Å². The third-order valence-electron chi connectivity index (χ3n) is 2.79. The first kappa shape index (κ1) is 14.6. The zero-order chi connectivity index (χ0) is 14.5. The lowest BCUT2D eigenvalue weighted by atomic mass is 10.1. The van der Waals surface area contributed by atoms with E-state index in [1.165, 1.54) is 19.2 Å². The third kappa shape index (κ3) is 3.62. The maximum absolute atomic E-state index is 13.8. The molecule has 20 heavy (non-hydrogen) atoms. The van der Waals surface area contributed by atoms with Gasteiger partial charge in [0.05, 0.1) is 7.11 Å². The van der Waals surface area contributed by atoms with Crippen LogP contribution in [0.2, 0.25) is 5.02 Å². The molecule has 5 heteroatoms. The highest BCUT2D eigenvalue weighted by atomic mass is 35.5. The van der Waals surface area contributed by atoms with Crippen LogP contribution in [0.5, 0.6) is 11.5 Å². The second kappa shape index (κ2) is 6.59. The van der Waals surface area contributed by atoms with Crippen LogP contribution in [0.25, 0.3) is 0 Å². The van der Waals surface area contributed by atoms with Gasteiger partial charge in [-0.15, -0.1) is 0 Å². The second-order valence-electron chi connectivity index (χ2n) is 4.17. The first-order valence-corrected chi connectivity index (χ1v) is 6.38. The van der Waals surface area contributed by atoms with Crippen molar-refractivity contribution in [3.63, 3.8) is 0 Å². The molecule has 0 aliphatic heterocycles. The summed E-state index contributed by atoms with van der Waals surface area (Å²) in [6.45, 7) is -0.0507. The Balaban J connectivity index is 2.01. The molecule has 0 saturated heterocycles. The highest BCUT2D eigenvalue weighted by Crippen LogP contribution is 2.23. The summed E-state index contributed by atoms with van der Waals surface area (Å²) >= 11 is 5.75.